The lowest BCUT2D eigenvalue weighted by molar-refractivity contribution is 1.50. The molecule has 0 heteroatoms. The maximum Gasteiger partial charge on any atom is -0.0533 e. The maximum absolute atomic E-state index is 1.50. The minimum absolute atomic E-state index is 0. The van der Waals surface area contributed by atoms with Gasteiger partial charge in [0.25, 0.3) is 0 Å². The molecule has 0 bridgehead atoms. The van der Waals surface area contributed by atoms with Gasteiger partial charge < -0.3 is 0 Å². The Morgan fingerprint density at radius 1 is 0.250 bits per heavy atom. The molecule has 12 heavy (non-hydrogen) atoms. The first kappa shape index (κ1) is 161. The highest BCUT2D eigenvalue weighted by atomic mass is 14.0. The monoisotopic (exact) mass is 186 g/mol. The van der Waals surface area contributed by atoms with Gasteiger partial charge >= 0.3 is 0 Å². The van der Waals surface area contributed by atoms with Gasteiger partial charge in [-0.15, -0.1) is 0 Å². The van der Waals surface area contributed by atoms with Crippen LogP contribution in [0.3, 0.4) is 0 Å². The van der Waals surface area contributed by atoms with Crippen LogP contribution >= 0.6 is 0 Å². The molecule has 90 valence electrons. The van der Waals surface area contributed by atoms with Crippen LogP contribution in [0.25, 0.3) is 0 Å². The largest absolute Gasteiger partial charge is 0.0776 e. The highest BCUT2D eigenvalue weighted by molar-refractivity contribution is 4.50. The minimum atomic E-state index is 0. The molecule has 0 aliphatic heterocycles. The summed E-state index contributed by atoms with van der Waals surface area (Å²) in [5.41, 5.74) is 0. The Labute approximate surface area is 86.8 Å². The topological polar surface area (TPSA) is 0 Å². The van der Waals surface area contributed by atoms with Crippen LogP contribution in [0.5, 0.6) is 0 Å². The van der Waals surface area contributed by atoms with E-state index in [1.807, 2.05) is 0 Å². The first-order chi connectivity index (χ1) is 1.50. The molecule has 0 aromatic carbocycles. The van der Waals surface area contributed by atoms with Gasteiger partial charge in [0, 0.05) is 0 Å². The molecule has 1 aliphatic carbocycles. The molecule has 1 aliphatic rings. The van der Waals surface area contributed by atoms with Crippen LogP contribution in [0, 0.1) is 0 Å². The van der Waals surface area contributed by atoms with Crippen LogP contribution in [0.1, 0.15) is 86.1 Å². The van der Waals surface area contributed by atoms with Gasteiger partial charge in [0.2, 0.25) is 0 Å². The van der Waals surface area contributed by atoms with Crippen molar-refractivity contribution in [2.24, 2.45) is 0 Å². The molecule has 0 atom stereocenters. The van der Waals surface area contributed by atoms with E-state index in [0.717, 1.165) is 0 Å². The molecular weight excluding hydrogens is 144 g/mol. The SMILES string of the molecule is C.C.C.C.C.C.C.C.C.C1CC1. The third-order valence-electron chi connectivity index (χ3n) is 0.354. The van der Waals surface area contributed by atoms with Crippen molar-refractivity contribution in [3.05, 3.63) is 0 Å². The highest BCUT2D eigenvalue weighted by Crippen LogP contribution is 2.14. The van der Waals surface area contributed by atoms with E-state index in [-0.39, 0.29) is 66.8 Å². The van der Waals surface area contributed by atoms with Crippen molar-refractivity contribution in [2.45, 2.75) is 86.1 Å². The molecule has 0 heterocycles. The van der Waals surface area contributed by atoms with Crippen molar-refractivity contribution in [2.75, 3.05) is 0 Å². The molecule has 0 spiro atoms. The summed E-state index contributed by atoms with van der Waals surface area (Å²) in [6.07, 6.45) is 4.50. The molecule has 0 N–H and O–H groups in total. The predicted molar refractivity (Wildman–Crippen MR) is 74.4 cm³/mol. The lowest BCUT2D eigenvalue weighted by atomic mass is 11.0. The van der Waals surface area contributed by atoms with E-state index in [4.69, 9.17) is 0 Å². The van der Waals surface area contributed by atoms with Crippen molar-refractivity contribution < 1.29 is 0 Å². The first-order valence-corrected chi connectivity index (χ1v) is 1.50. The predicted octanol–water partition coefficient (Wildman–Crippen LogP) is 6.90. The molecule has 0 saturated heterocycles. The van der Waals surface area contributed by atoms with Crippen LogP contribution in [-0.2, 0) is 0 Å². The fourth-order valence-corrected chi connectivity index (χ4v) is 0. The highest BCUT2D eigenvalue weighted by Gasteiger charge is 1.95. The Hall–Kier alpha value is 0. The van der Waals surface area contributed by atoms with Crippen molar-refractivity contribution in [3.63, 3.8) is 0 Å². The minimum Gasteiger partial charge on any atom is -0.0776 e. The molecule has 0 nitrogen and oxygen atoms in total. The van der Waals surface area contributed by atoms with Crippen molar-refractivity contribution in [1.29, 1.82) is 0 Å². The summed E-state index contributed by atoms with van der Waals surface area (Å²) in [6, 6.07) is 0. The summed E-state index contributed by atoms with van der Waals surface area (Å²) in [5.74, 6) is 0. The second kappa shape index (κ2) is 122. The lowest BCUT2D eigenvalue weighted by Crippen LogP contribution is -0.856. The molecule has 0 aromatic rings. The van der Waals surface area contributed by atoms with E-state index >= 15 is 0 Å². The fraction of sp³-hybridized carbons (Fsp3) is 1.00. The van der Waals surface area contributed by atoms with Crippen molar-refractivity contribution >= 4 is 0 Å². The fourth-order valence-electron chi connectivity index (χ4n) is 0. The summed E-state index contributed by atoms with van der Waals surface area (Å²) in [4.78, 5) is 0. The average Bonchev–Trinajstić information content (AvgIpc) is 1.46. The van der Waals surface area contributed by atoms with Gasteiger partial charge in [-0.1, -0.05) is 86.1 Å². The van der Waals surface area contributed by atoms with Gasteiger partial charge in [0.05, 0.1) is 0 Å². The Morgan fingerprint density at radius 3 is 0.333 bits per heavy atom. The second-order valence-corrected chi connectivity index (χ2v) is 1.06. The molecule has 0 amide bonds. The Kier molecular flexibility index (Phi) is 1640. The van der Waals surface area contributed by atoms with Gasteiger partial charge in [-0.05, 0) is 0 Å². The summed E-state index contributed by atoms with van der Waals surface area (Å²) in [7, 11) is 0. The van der Waals surface area contributed by atoms with Crippen LogP contribution in [0.2, 0.25) is 0 Å². The zero-order chi connectivity index (χ0) is 2.12. The molecule has 0 radical (unpaired) electrons. The molecule has 0 unspecified atom stereocenters. The zero-order valence-corrected chi connectivity index (χ0v) is 2.12. The van der Waals surface area contributed by atoms with E-state index in [0.29, 0.717) is 0 Å². The number of hydrogen-bond donors (Lipinski definition) is 0. The Bertz CT molecular complexity index is 4.75. The van der Waals surface area contributed by atoms with Crippen LogP contribution in [0.15, 0.2) is 0 Å². The van der Waals surface area contributed by atoms with Crippen LogP contribution in [0.4, 0.5) is 0 Å². The van der Waals surface area contributed by atoms with Crippen molar-refractivity contribution in [3.8, 4) is 0 Å². The van der Waals surface area contributed by atoms with Gasteiger partial charge in [0.1, 0.15) is 0 Å². The first-order valence-electron chi connectivity index (χ1n) is 1.50. The van der Waals surface area contributed by atoms with Crippen molar-refractivity contribution in [1.82, 2.24) is 0 Å². The van der Waals surface area contributed by atoms with Gasteiger partial charge in [-0.3, -0.25) is 0 Å². The second-order valence-electron chi connectivity index (χ2n) is 1.06. The standard InChI is InChI=1S/C3H6.9CH4/c1-2-3-1;;;;;;;;;/h1-3H2;9*1H4. The Balaban J connectivity index is -0.00000000143. The quantitative estimate of drug-likeness (QED) is 0.386. The molecule has 1 saturated carbocycles. The van der Waals surface area contributed by atoms with E-state index in [1.165, 1.54) is 19.3 Å². The molecule has 1 rings (SSSR count). The van der Waals surface area contributed by atoms with Gasteiger partial charge in [-0.25, -0.2) is 0 Å². The number of rotatable bonds is 0. The van der Waals surface area contributed by atoms with Crippen LogP contribution in [-0.4, -0.2) is 0 Å². The van der Waals surface area contributed by atoms with E-state index in [1.54, 1.807) is 0 Å². The summed E-state index contributed by atoms with van der Waals surface area (Å²) >= 11 is 0. The third kappa shape index (κ3) is 810. The summed E-state index contributed by atoms with van der Waals surface area (Å²) in [5, 5.41) is 0. The summed E-state index contributed by atoms with van der Waals surface area (Å²) < 4.78 is 0. The number of hydrogen-bond acceptors (Lipinski definition) is 0. The van der Waals surface area contributed by atoms with Crippen LogP contribution < -0.4 is 0 Å². The van der Waals surface area contributed by atoms with Gasteiger partial charge in [0.15, 0.2) is 0 Å². The molecule has 0 aromatic heterocycles. The van der Waals surface area contributed by atoms with Gasteiger partial charge in [-0.2, -0.15) is 0 Å². The van der Waals surface area contributed by atoms with E-state index in [2.05, 4.69) is 0 Å². The molecule has 1 fully saturated rings. The Morgan fingerprint density at radius 2 is 0.333 bits per heavy atom. The van der Waals surface area contributed by atoms with E-state index < -0.39 is 0 Å². The zero-order valence-electron chi connectivity index (χ0n) is 2.12. The third-order valence-corrected chi connectivity index (χ3v) is 0.354. The summed E-state index contributed by atoms with van der Waals surface area (Å²) in [6.45, 7) is 0. The lowest BCUT2D eigenvalue weighted by Gasteiger charge is -1.05. The maximum atomic E-state index is 1.50. The normalized spacial score (nSPS) is 6.00. The van der Waals surface area contributed by atoms with E-state index in [9.17, 15) is 0 Å². The average molecular weight is 186 g/mol. The smallest absolute Gasteiger partial charge is 0.0533 e. The molecular formula is C12H42.